The van der Waals surface area contributed by atoms with E-state index < -0.39 is 0 Å². The van der Waals surface area contributed by atoms with Crippen molar-refractivity contribution in [3.8, 4) is 5.75 Å². The topological polar surface area (TPSA) is 58.6 Å². The Morgan fingerprint density at radius 1 is 1.38 bits per heavy atom. The molecule has 2 unspecified atom stereocenters. The van der Waals surface area contributed by atoms with Gasteiger partial charge in [-0.15, -0.1) is 0 Å². The van der Waals surface area contributed by atoms with Crippen molar-refractivity contribution in [1.29, 1.82) is 0 Å². The number of carbonyl (C=O) groups excluding carboxylic acids is 1. The Bertz CT molecular complexity index is 492. The predicted molar refractivity (Wildman–Crippen MR) is 82.9 cm³/mol. The monoisotopic (exact) mass is 311 g/mol. The molecule has 1 aliphatic carbocycles. The number of methoxy groups -OCH3 is 1. The maximum absolute atomic E-state index is 12.3. The van der Waals surface area contributed by atoms with Gasteiger partial charge in [-0.1, -0.05) is 24.4 Å². The van der Waals surface area contributed by atoms with Crippen LogP contribution in [0.3, 0.4) is 0 Å². The first-order valence-corrected chi connectivity index (χ1v) is 7.76. The summed E-state index contributed by atoms with van der Waals surface area (Å²) in [7, 11) is 1.53. The summed E-state index contributed by atoms with van der Waals surface area (Å²) < 4.78 is 5.20. The molecule has 1 fully saturated rings. The first-order chi connectivity index (χ1) is 10.2. The summed E-state index contributed by atoms with van der Waals surface area (Å²) in [5.41, 5.74) is 0.446. The minimum atomic E-state index is -0.184. The molecule has 0 aliphatic heterocycles. The number of hydrogen-bond donors (Lipinski definition) is 2. The number of ether oxygens (including phenoxy) is 1. The van der Waals surface area contributed by atoms with Crippen molar-refractivity contribution in [1.82, 2.24) is 5.32 Å². The molecule has 1 aliphatic rings. The van der Waals surface area contributed by atoms with Gasteiger partial charge in [0.25, 0.3) is 5.91 Å². The van der Waals surface area contributed by atoms with E-state index in [1.165, 1.54) is 7.11 Å². The molecule has 5 heteroatoms. The van der Waals surface area contributed by atoms with Gasteiger partial charge >= 0.3 is 0 Å². The summed E-state index contributed by atoms with van der Waals surface area (Å²) in [5.74, 6) is 0.967. The van der Waals surface area contributed by atoms with Crippen LogP contribution in [0.1, 0.15) is 36.0 Å². The van der Waals surface area contributed by atoms with Crippen LogP contribution in [0.25, 0.3) is 0 Å². The van der Waals surface area contributed by atoms with E-state index in [1.54, 1.807) is 18.2 Å². The van der Waals surface area contributed by atoms with E-state index in [2.05, 4.69) is 5.32 Å². The van der Waals surface area contributed by atoms with Gasteiger partial charge in [0.1, 0.15) is 5.75 Å². The van der Waals surface area contributed by atoms with E-state index in [0.29, 0.717) is 34.7 Å². The highest BCUT2D eigenvalue weighted by molar-refractivity contribution is 6.31. The SMILES string of the molecule is COc1ccc(Cl)cc1C(=O)NCC1CCCCC1CO. The summed E-state index contributed by atoms with van der Waals surface area (Å²) in [6.45, 7) is 0.779. The molecule has 116 valence electrons. The van der Waals surface area contributed by atoms with Crippen LogP contribution >= 0.6 is 11.6 Å². The lowest BCUT2D eigenvalue weighted by molar-refractivity contribution is 0.0906. The quantitative estimate of drug-likeness (QED) is 0.879. The zero-order chi connectivity index (χ0) is 15.2. The highest BCUT2D eigenvalue weighted by Gasteiger charge is 2.25. The molecule has 1 aromatic carbocycles. The van der Waals surface area contributed by atoms with Crippen LogP contribution in [-0.4, -0.2) is 31.3 Å². The molecule has 2 atom stereocenters. The average molecular weight is 312 g/mol. The van der Waals surface area contributed by atoms with Crippen molar-refractivity contribution in [2.75, 3.05) is 20.3 Å². The largest absolute Gasteiger partial charge is 0.496 e. The Labute approximate surface area is 130 Å². The van der Waals surface area contributed by atoms with Crippen molar-refractivity contribution in [3.63, 3.8) is 0 Å². The number of halogens is 1. The van der Waals surface area contributed by atoms with Crippen molar-refractivity contribution >= 4 is 17.5 Å². The number of aliphatic hydroxyl groups excluding tert-OH is 1. The number of rotatable bonds is 5. The molecule has 2 rings (SSSR count). The molecule has 2 N–H and O–H groups in total. The highest BCUT2D eigenvalue weighted by Crippen LogP contribution is 2.29. The summed E-state index contributed by atoms with van der Waals surface area (Å²) in [6.07, 6.45) is 4.42. The van der Waals surface area contributed by atoms with Crippen LogP contribution in [0.4, 0.5) is 0 Å². The average Bonchev–Trinajstić information content (AvgIpc) is 2.52. The van der Waals surface area contributed by atoms with Crippen LogP contribution in [0.15, 0.2) is 18.2 Å². The summed E-state index contributed by atoms with van der Waals surface area (Å²) >= 11 is 5.94. The van der Waals surface area contributed by atoms with Gasteiger partial charge in [0, 0.05) is 18.2 Å². The van der Waals surface area contributed by atoms with Gasteiger partial charge in [0.05, 0.1) is 12.7 Å². The second-order valence-electron chi connectivity index (χ2n) is 5.54. The molecule has 21 heavy (non-hydrogen) atoms. The molecular formula is C16H22ClNO3. The molecular weight excluding hydrogens is 290 g/mol. The molecule has 1 aromatic rings. The van der Waals surface area contributed by atoms with Crippen molar-refractivity contribution in [2.45, 2.75) is 25.7 Å². The molecule has 0 aromatic heterocycles. The minimum absolute atomic E-state index is 0.184. The number of hydrogen-bond acceptors (Lipinski definition) is 3. The first kappa shape index (κ1) is 16.1. The Morgan fingerprint density at radius 3 is 2.76 bits per heavy atom. The van der Waals surface area contributed by atoms with Gasteiger partial charge in [-0.05, 0) is 42.9 Å². The fraction of sp³-hybridized carbons (Fsp3) is 0.562. The Balaban J connectivity index is 1.99. The van der Waals surface area contributed by atoms with E-state index in [4.69, 9.17) is 16.3 Å². The van der Waals surface area contributed by atoms with Crippen LogP contribution in [0.5, 0.6) is 5.75 Å². The molecule has 1 amide bonds. The number of benzene rings is 1. The molecule has 4 nitrogen and oxygen atoms in total. The lowest BCUT2D eigenvalue weighted by Crippen LogP contribution is -2.35. The number of amides is 1. The van der Waals surface area contributed by atoms with Gasteiger partial charge < -0.3 is 15.2 Å². The normalized spacial score (nSPS) is 21.9. The fourth-order valence-corrected chi connectivity index (χ4v) is 3.14. The number of carbonyl (C=O) groups is 1. The zero-order valence-electron chi connectivity index (χ0n) is 12.3. The van der Waals surface area contributed by atoms with Crippen molar-refractivity contribution in [2.24, 2.45) is 11.8 Å². The van der Waals surface area contributed by atoms with E-state index in [1.807, 2.05) is 0 Å². The molecule has 0 bridgehead atoms. The first-order valence-electron chi connectivity index (χ1n) is 7.38. The lowest BCUT2D eigenvalue weighted by atomic mass is 9.79. The number of nitrogens with one attached hydrogen (secondary N) is 1. The lowest BCUT2D eigenvalue weighted by Gasteiger charge is -2.30. The molecule has 0 saturated heterocycles. The Hall–Kier alpha value is -1.26. The van der Waals surface area contributed by atoms with E-state index in [-0.39, 0.29) is 12.5 Å². The smallest absolute Gasteiger partial charge is 0.255 e. The van der Waals surface area contributed by atoms with Gasteiger partial charge in [-0.2, -0.15) is 0 Å². The van der Waals surface area contributed by atoms with Crippen LogP contribution < -0.4 is 10.1 Å². The second kappa shape index (κ2) is 7.66. The summed E-state index contributed by atoms with van der Waals surface area (Å²) in [4.78, 5) is 12.3. The third-order valence-electron chi connectivity index (χ3n) is 4.23. The van der Waals surface area contributed by atoms with Crippen LogP contribution in [0, 0.1) is 11.8 Å². The van der Waals surface area contributed by atoms with Crippen molar-refractivity contribution < 1.29 is 14.6 Å². The highest BCUT2D eigenvalue weighted by atomic mass is 35.5. The molecule has 1 saturated carbocycles. The maximum Gasteiger partial charge on any atom is 0.255 e. The standard InChI is InChI=1S/C16H22ClNO3/c1-21-15-7-6-13(17)8-14(15)16(20)18-9-11-4-2-3-5-12(11)10-19/h6-8,11-12,19H,2-5,9-10H2,1H3,(H,18,20). The Kier molecular flexibility index (Phi) is 5.88. The van der Waals surface area contributed by atoms with Gasteiger partial charge in [-0.3, -0.25) is 4.79 Å². The molecule has 0 spiro atoms. The minimum Gasteiger partial charge on any atom is -0.496 e. The van der Waals surface area contributed by atoms with E-state index in [9.17, 15) is 9.90 Å². The van der Waals surface area contributed by atoms with Crippen LogP contribution in [0.2, 0.25) is 5.02 Å². The molecule has 0 radical (unpaired) electrons. The van der Waals surface area contributed by atoms with Crippen molar-refractivity contribution in [3.05, 3.63) is 28.8 Å². The van der Waals surface area contributed by atoms with Gasteiger partial charge in [0.15, 0.2) is 0 Å². The van der Waals surface area contributed by atoms with Gasteiger partial charge in [0.2, 0.25) is 0 Å². The summed E-state index contributed by atoms with van der Waals surface area (Å²) in [6, 6.07) is 4.99. The van der Waals surface area contributed by atoms with E-state index >= 15 is 0 Å². The number of aliphatic hydroxyl groups is 1. The predicted octanol–water partition coefficient (Wildman–Crippen LogP) is 2.88. The third kappa shape index (κ3) is 4.11. The zero-order valence-corrected chi connectivity index (χ0v) is 13.0. The second-order valence-corrected chi connectivity index (χ2v) is 5.98. The van der Waals surface area contributed by atoms with E-state index in [0.717, 1.165) is 25.7 Å². The maximum atomic E-state index is 12.3. The Morgan fingerprint density at radius 2 is 2.10 bits per heavy atom. The van der Waals surface area contributed by atoms with Gasteiger partial charge in [-0.25, -0.2) is 0 Å². The van der Waals surface area contributed by atoms with Crippen LogP contribution in [-0.2, 0) is 0 Å². The third-order valence-corrected chi connectivity index (χ3v) is 4.47. The fourth-order valence-electron chi connectivity index (χ4n) is 2.97. The summed E-state index contributed by atoms with van der Waals surface area (Å²) in [5, 5.41) is 12.9. The molecule has 0 heterocycles.